The van der Waals surface area contributed by atoms with Crippen LogP contribution in [-0.2, 0) is 73.1 Å². The number of aromatic nitrogens is 8. The van der Waals surface area contributed by atoms with Gasteiger partial charge < -0.3 is 25.1 Å². The molecule has 3 amide bonds. The summed E-state index contributed by atoms with van der Waals surface area (Å²) in [6, 6.07) is 12.9. The van der Waals surface area contributed by atoms with Gasteiger partial charge >= 0.3 is 252 Å². The molecule has 7 aromatic heterocycles. The predicted octanol–water partition coefficient (Wildman–Crippen LogP) is 20.7. The molecule has 129 heavy (non-hydrogen) atoms. The van der Waals surface area contributed by atoms with E-state index in [1.165, 1.54) is 165 Å². The van der Waals surface area contributed by atoms with E-state index in [4.69, 9.17) is 60.3 Å². The summed E-state index contributed by atoms with van der Waals surface area (Å²) in [6.45, 7) is -0.170. The van der Waals surface area contributed by atoms with Gasteiger partial charge in [0.25, 0.3) is 30.6 Å². The number of carbonyl (C=O) groups excluding carboxylic acids is 3. The van der Waals surface area contributed by atoms with Gasteiger partial charge in [0, 0.05) is 95.5 Å². The quantitative estimate of drug-likeness (QED) is 0.0221. The van der Waals surface area contributed by atoms with Crippen LogP contribution in [0, 0.1) is 17.5 Å². The number of unbranched alkanes of at least 4 members (excludes halogenated alkanes) is 6. The molecule has 0 bridgehead atoms. The van der Waals surface area contributed by atoms with E-state index in [0.717, 1.165) is 67.3 Å². The van der Waals surface area contributed by atoms with Gasteiger partial charge in [0.2, 0.25) is 17.7 Å². The molecule has 10 heterocycles. The van der Waals surface area contributed by atoms with Crippen LogP contribution < -0.4 is 37.5 Å². The molecular weight excluding hydrogens is 2110 g/mol. The van der Waals surface area contributed by atoms with Crippen molar-refractivity contribution >= 4 is 194 Å². The number of benzene rings is 3. The molecule has 6 atom stereocenters. The zero-order chi connectivity index (χ0) is 105. The number of halogens is 7. The van der Waals surface area contributed by atoms with Gasteiger partial charge in [0.1, 0.15) is 35.6 Å². The average molecular weight is 2260 g/mol. The fourth-order valence-corrected chi connectivity index (χ4v) is 53.3. The molecule has 13 rings (SSSR count). The van der Waals surface area contributed by atoms with Gasteiger partial charge in [0.05, 0.1) is 70.8 Å². The van der Waals surface area contributed by atoms with Crippen molar-refractivity contribution in [2.45, 2.75) is 223 Å². The summed E-state index contributed by atoms with van der Waals surface area (Å²) in [5.41, 5.74) is 1.31. The Hall–Kier alpha value is -5.64. The fraction of sp³-hybridized carbons (Fsp3) is 0.489. The van der Waals surface area contributed by atoms with Crippen molar-refractivity contribution in [3.05, 3.63) is 192 Å². The first-order chi connectivity index (χ1) is 65.9. The van der Waals surface area contributed by atoms with Crippen molar-refractivity contribution in [3.63, 3.8) is 0 Å². The Morgan fingerprint density at radius 2 is 0.721 bits per heavy atom. The number of carbonyl (C=O) groups is 3. The first-order valence-electron chi connectivity index (χ1n) is 48.6. The van der Waals surface area contributed by atoms with E-state index >= 15 is 0 Å². The van der Waals surface area contributed by atoms with Gasteiger partial charge in [-0.1, -0.05) is 57.1 Å². The number of imidazole rings is 4. The second kappa shape index (κ2) is 51.9. The summed E-state index contributed by atoms with van der Waals surface area (Å²) in [5, 5.41) is 6.49. The Kier molecular flexibility index (Phi) is 36.1. The topological polar surface area (TPSA) is 307 Å². The maximum absolute atomic E-state index is 13.5. The SMILES string of the molecule is C.C.C.CCC[CH2][Sn]([CH2]CCC)([CH2]CCC)[c]1cn(C)cn1.[2H]C([2H])([2H])N1C(C(=O)Nc2ccc(F)c(Cl)c2)CC(c2ccc(-c3cn(C([2H])([2H])[2H])cn3)s2)NS1(=O)=O.[2H]C([2H])([2H])N1C(C(=O)Nc2ccc(F)c(Cl)c2)CC(c2ccc(-c3cn(C)cn3)s2)NS1(=O)=O.[2H]C([2H])([2H])N1C(C(=O)Nc2ccc(F)c(Cl)c2)CC(c2ccc(Br)s2)NS1(=O)=O.[2H]C([2H])([2H])n1cn[c]([Sn]([CH2]CCC)([CH2]CCC)[CH2]CCC)c1. The summed E-state index contributed by atoms with van der Waals surface area (Å²) in [5.74, 6) is -4.81. The van der Waals surface area contributed by atoms with Crippen LogP contribution in [0.1, 0.15) is 213 Å². The Bertz CT molecular complexity index is 6200. The van der Waals surface area contributed by atoms with Crippen LogP contribution in [0.4, 0.5) is 30.2 Å². The molecule has 0 saturated carbocycles. The fourth-order valence-electron chi connectivity index (χ4n) is 14.6. The molecule has 712 valence electrons. The second-order valence-electron chi connectivity index (χ2n) is 30.9. The molecule has 3 fully saturated rings. The number of anilines is 3. The molecule has 3 aliphatic rings. The van der Waals surface area contributed by atoms with E-state index in [1.54, 1.807) is 57.2 Å². The molecule has 6 unspecified atom stereocenters. The van der Waals surface area contributed by atoms with Crippen molar-refractivity contribution < 1.29 is 73.4 Å². The van der Waals surface area contributed by atoms with Crippen molar-refractivity contribution in [2.75, 3.05) is 36.9 Å². The van der Waals surface area contributed by atoms with E-state index in [0.29, 0.717) is 30.9 Å². The van der Waals surface area contributed by atoms with Crippen LogP contribution in [-0.4, -0.2) is 170 Å². The van der Waals surface area contributed by atoms with Gasteiger partial charge in [-0.3, -0.25) is 14.4 Å². The maximum atomic E-state index is 13.5. The van der Waals surface area contributed by atoms with Crippen molar-refractivity contribution in [2.24, 2.45) is 28.0 Å². The van der Waals surface area contributed by atoms with Gasteiger partial charge in [0.15, 0.2) is 0 Å². The molecule has 10 aromatic rings. The second-order valence-corrected chi connectivity index (χ2v) is 67.7. The Morgan fingerprint density at radius 1 is 0.434 bits per heavy atom. The van der Waals surface area contributed by atoms with E-state index in [9.17, 15) is 52.8 Å². The van der Waals surface area contributed by atoms with Crippen LogP contribution in [0.2, 0.25) is 41.7 Å². The minimum atomic E-state index is -4.66. The van der Waals surface area contributed by atoms with Gasteiger partial charge in [-0.25, -0.2) is 23.1 Å². The van der Waals surface area contributed by atoms with Crippen molar-refractivity contribution in [3.8, 4) is 21.1 Å². The molecule has 3 aliphatic heterocycles. The molecule has 0 radical (unpaired) electrons. The summed E-state index contributed by atoms with van der Waals surface area (Å²) < 4.78 is 258. The summed E-state index contributed by atoms with van der Waals surface area (Å²) in [7, 11) is -9.80. The van der Waals surface area contributed by atoms with Crippen molar-refractivity contribution in [1.29, 1.82) is 0 Å². The Balaban J connectivity index is 0.000000279. The van der Waals surface area contributed by atoms with Gasteiger partial charge in [-0.05, 0) is 126 Å². The zero-order valence-electron chi connectivity index (χ0n) is 85.8. The molecule has 41 heteroatoms. The van der Waals surface area contributed by atoms with Crippen LogP contribution in [0.5, 0.6) is 0 Å². The number of amides is 3. The minimum absolute atomic E-state index is 0. The first kappa shape index (κ1) is 89.9. The number of nitrogens with one attached hydrogen (secondary N) is 6. The molecular formula is C88H128BrCl3F3N17O9S6Sn2. The third-order valence-electron chi connectivity index (χ3n) is 21.4. The van der Waals surface area contributed by atoms with E-state index < -0.39 is 174 Å². The number of hydrogen-bond acceptors (Lipinski definition) is 16. The normalized spacial score (nSPS) is 20.5. The van der Waals surface area contributed by atoms with Crippen LogP contribution in [0.15, 0.2) is 145 Å². The molecule has 3 saturated heterocycles. The predicted molar refractivity (Wildman–Crippen MR) is 534 cm³/mol. The van der Waals surface area contributed by atoms with Crippen LogP contribution in [0.3, 0.4) is 0 Å². The molecule has 26 nitrogen and oxygen atoms in total. The van der Waals surface area contributed by atoms with Crippen LogP contribution >= 0.6 is 84.7 Å². The molecule has 0 spiro atoms. The number of aryl methyl sites for hydroxylation is 4. The number of nitrogens with zero attached hydrogens (tertiary/aromatic N) is 11. The third kappa shape index (κ3) is 30.9. The Morgan fingerprint density at radius 3 is 0.992 bits per heavy atom. The van der Waals surface area contributed by atoms with Gasteiger partial charge in [-0.15, -0.1) is 34.0 Å². The van der Waals surface area contributed by atoms with Crippen LogP contribution in [0.25, 0.3) is 21.1 Å². The number of likely N-dealkylation sites (N-methyl/N-ethyl adjacent to an activating group) is 3. The first-order valence-corrected chi connectivity index (χ1v) is 64.8. The van der Waals surface area contributed by atoms with Gasteiger partial charge in [-0.2, -0.15) is 52.3 Å². The Labute approximate surface area is 827 Å². The average Bonchev–Trinajstić information content (AvgIpc) is 1.17. The van der Waals surface area contributed by atoms with E-state index in [-0.39, 0.29) is 86.6 Å². The summed E-state index contributed by atoms with van der Waals surface area (Å²) >= 11 is 19.4. The van der Waals surface area contributed by atoms with E-state index in [2.05, 4.69) is 120 Å². The zero-order valence-corrected chi connectivity index (χ0v) is 85.2. The third-order valence-corrected chi connectivity index (χ3v) is 60.7. The number of rotatable bonds is 31. The molecule has 3 aromatic carbocycles. The summed E-state index contributed by atoms with van der Waals surface area (Å²) in [6.07, 6.45) is 28.9. The van der Waals surface area contributed by atoms with Crippen molar-refractivity contribution in [1.82, 2.24) is 65.3 Å². The molecule has 6 N–H and O–H groups in total. The number of thiophene rings is 3. The molecule has 0 aliphatic carbocycles. The standard InChI is InChI=1S/2C19H19ClFN5O3S2.C15H14BrClFN3O3S2.2C4H5N2.6C4H9.3CH4.2Sn/c2*1-25-9-15(22-10-25)18-6-5-17(30-18)14-8-16(26(2)31(28,29)24-14)19(27)23-11-3-4-13(21)12(20)7-11;1-21-12(15(22)19-8-2-3-10(18)9(17)6-8)7-11(20-26(21,23)24)13-4-5-14(16)25-13;2*1-6-3-2-5-4-6;6*1-3-4-2;;;;;/h2*3-7,9-10,14,16,24H,8H2,1-2H3,(H,23,27);2-6,11-12,20H,7H2,1H3,(H,19,22);2*3-4H,1H3;6*1,3-4H2,2H3;3*1H4;;/i1D3,2D3;2D3;2*1D3;;;;;;;;;;;;. The van der Waals surface area contributed by atoms with E-state index in [1.807, 2.05) is 19.6 Å². The monoisotopic (exact) mass is 2250 g/mol. The number of hydrogen-bond donors (Lipinski definition) is 6. The summed E-state index contributed by atoms with van der Waals surface area (Å²) in [4.78, 5) is 59.8.